The zero-order valence-electron chi connectivity index (χ0n) is 18.3. The van der Waals surface area contributed by atoms with E-state index in [9.17, 15) is 9.90 Å². The molecule has 3 heterocycles. The van der Waals surface area contributed by atoms with Crippen molar-refractivity contribution in [2.24, 2.45) is 4.99 Å². The van der Waals surface area contributed by atoms with E-state index in [1.54, 1.807) is 24.4 Å². The van der Waals surface area contributed by atoms with E-state index in [0.29, 0.717) is 42.2 Å². The lowest BCUT2D eigenvalue weighted by molar-refractivity contribution is 0.0819. The summed E-state index contributed by atoms with van der Waals surface area (Å²) in [5, 5.41) is 14.3. The zero-order valence-corrected chi connectivity index (χ0v) is 18.3. The van der Waals surface area contributed by atoms with Gasteiger partial charge in [-0.05, 0) is 38.4 Å². The molecular formula is C22H26N6O4. The molecule has 0 aliphatic carbocycles. The van der Waals surface area contributed by atoms with Gasteiger partial charge in [0.05, 0.1) is 12.7 Å². The number of anilines is 1. The van der Waals surface area contributed by atoms with Gasteiger partial charge in [0.2, 0.25) is 5.62 Å². The number of benzene rings is 1. The molecule has 2 aromatic heterocycles. The molecule has 1 aliphatic rings. The molecule has 0 fully saturated rings. The normalized spacial score (nSPS) is 14.3. The first-order chi connectivity index (χ1) is 15.5. The summed E-state index contributed by atoms with van der Waals surface area (Å²) < 4.78 is 13.3. The number of hydrogen-bond donors (Lipinski definition) is 2. The van der Waals surface area contributed by atoms with Gasteiger partial charge in [0.1, 0.15) is 24.0 Å². The van der Waals surface area contributed by atoms with Crippen LogP contribution >= 0.6 is 0 Å². The second kappa shape index (κ2) is 9.33. The Bertz CT molecular complexity index is 1190. The molecule has 1 amide bonds. The molecule has 0 spiro atoms. The molecule has 4 rings (SSSR count). The predicted octanol–water partition coefficient (Wildman–Crippen LogP) is 0.908. The van der Waals surface area contributed by atoms with Crippen molar-refractivity contribution in [2.75, 3.05) is 46.2 Å². The van der Waals surface area contributed by atoms with Crippen molar-refractivity contribution in [1.82, 2.24) is 19.4 Å². The van der Waals surface area contributed by atoms with Crippen LogP contribution in [0.3, 0.4) is 0 Å². The summed E-state index contributed by atoms with van der Waals surface area (Å²) in [5.74, 6) is 1.26. The van der Waals surface area contributed by atoms with E-state index >= 15 is 0 Å². The lowest BCUT2D eigenvalue weighted by Gasteiger charge is -2.18. The maximum absolute atomic E-state index is 12.7. The van der Waals surface area contributed by atoms with Gasteiger partial charge in [-0.15, -0.1) is 0 Å². The Morgan fingerprint density at radius 3 is 2.94 bits per heavy atom. The highest BCUT2D eigenvalue weighted by Crippen LogP contribution is 2.37. The minimum atomic E-state index is -0.654. The van der Waals surface area contributed by atoms with Crippen LogP contribution < -0.4 is 20.4 Å². The van der Waals surface area contributed by atoms with Crippen LogP contribution in [0.2, 0.25) is 0 Å². The first kappa shape index (κ1) is 21.7. The molecule has 10 nitrogen and oxygen atoms in total. The Morgan fingerprint density at radius 1 is 1.38 bits per heavy atom. The summed E-state index contributed by atoms with van der Waals surface area (Å²) in [5.41, 5.74) is 1.17. The number of aliphatic hydroxyl groups is 1. The first-order valence-electron chi connectivity index (χ1n) is 10.3. The molecule has 3 aromatic rings. The number of methoxy groups -OCH3 is 1. The van der Waals surface area contributed by atoms with Crippen molar-refractivity contribution >= 4 is 22.6 Å². The fourth-order valence-electron chi connectivity index (χ4n) is 3.65. The Morgan fingerprint density at radius 2 is 2.22 bits per heavy atom. The second-order valence-corrected chi connectivity index (χ2v) is 7.72. The molecule has 2 N–H and O–H groups in total. The Balaban J connectivity index is 1.78. The number of aromatic nitrogens is 3. The third kappa shape index (κ3) is 4.41. The predicted molar refractivity (Wildman–Crippen MR) is 119 cm³/mol. The Labute approximate surface area is 185 Å². The monoisotopic (exact) mass is 438 g/mol. The van der Waals surface area contributed by atoms with Crippen molar-refractivity contribution in [3.63, 3.8) is 0 Å². The van der Waals surface area contributed by atoms with Gasteiger partial charge in [-0.3, -0.25) is 14.3 Å². The van der Waals surface area contributed by atoms with Gasteiger partial charge in [0, 0.05) is 37.4 Å². The molecule has 32 heavy (non-hydrogen) atoms. The summed E-state index contributed by atoms with van der Waals surface area (Å²) in [6.07, 6.45) is 2.42. The molecule has 168 valence electrons. The molecule has 1 aliphatic heterocycles. The largest absolute Gasteiger partial charge is 0.491 e. The van der Waals surface area contributed by atoms with Crippen molar-refractivity contribution in [3.05, 3.63) is 47.8 Å². The molecule has 0 unspecified atom stereocenters. The van der Waals surface area contributed by atoms with E-state index in [1.165, 1.54) is 13.3 Å². The van der Waals surface area contributed by atoms with Gasteiger partial charge in [-0.25, -0.2) is 4.98 Å². The minimum absolute atomic E-state index is 0.106. The number of carbonyl (C=O) groups excluding carboxylic acids is 1. The van der Waals surface area contributed by atoms with E-state index in [-0.39, 0.29) is 12.2 Å². The summed E-state index contributed by atoms with van der Waals surface area (Å²) in [4.78, 5) is 27.4. The number of likely N-dealkylation sites (N-methyl/N-ethyl adjacent to an activating group) is 1. The maximum atomic E-state index is 12.7. The number of rotatable bonds is 7. The Kier molecular flexibility index (Phi) is 6.33. The maximum Gasteiger partial charge on any atom is 0.281 e. The van der Waals surface area contributed by atoms with Crippen LogP contribution in [0.5, 0.6) is 11.5 Å². The van der Waals surface area contributed by atoms with Crippen molar-refractivity contribution in [3.8, 4) is 11.5 Å². The highest BCUT2D eigenvalue weighted by molar-refractivity contribution is 5.96. The molecule has 10 heteroatoms. The SMILES string of the molecule is COc1c(OC[C@H](O)CN(C)C)ccc2c3n(c(=NC(=O)c4cccnc4)nc12)CCN3. The lowest BCUT2D eigenvalue weighted by atomic mass is 10.2. The molecule has 1 atom stereocenters. The van der Waals surface area contributed by atoms with E-state index in [2.05, 4.69) is 20.3 Å². The third-order valence-corrected chi connectivity index (χ3v) is 5.02. The van der Waals surface area contributed by atoms with E-state index in [0.717, 1.165) is 11.2 Å². The highest BCUT2D eigenvalue weighted by atomic mass is 16.5. The number of amides is 1. The van der Waals surface area contributed by atoms with Gasteiger partial charge >= 0.3 is 0 Å². The van der Waals surface area contributed by atoms with Crippen LogP contribution in [-0.2, 0) is 6.54 Å². The number of pyridine rings is 1. The van der Waals surface area contributed by atoms with Crippen molar-refractivity contribution < 1.29 is 19.4 Å². The van der Waals surface area contributed by atoms with E-state index < -0.39 is 12.0 Å². The number of aliphatic hydroxyl groups excluding tert-OH is 1. The average molecular weight is 438 g/mol. The van der Waals surface area contributed by atoms with Gasteiger partial charge < -0.3 is 24.8 Å². The van der Waals surface area contributed by atoms with E-state index in [1.807, 2.05) is 29.6 Å². The summed E-state index contributed by atoms with van der Waals surface area (Å²) in [7, 11) is 5.30. The smallest absolute Gasteiger partial charge is 0.281 e. The summed E-state index contributed by atoms with van der Waals surface area (Å²) in [6.45, 7) is 1.91. The van der Waals surface area contributed by atoms with Crippen molar-refractivity contribution in [1.29, 1.82) is 0 Å². The number of nitrogens with zero attached hydrogens (tertiary/aromatic N) is 5. The Hall–Kier alpha value is -3.50. The van der Waals surface area contributed by atoms with Gasteiger partial charge in [-0.1, -0.05) is 0 Å². The topological polar surface area (TPSA) is 114 Å². The number of ether oxygens (including phenoxy) is 2. The highest BCUT2D eigenvalue weighted by Gasteiger charge is 2.21. The van der Waals surface area contributed by atoms with Gasteiger partial charge in [-0.2, -0.15) is 4.99 Å². The summed E-state index contributed by atoms with van der Waals surface area (Å²) >= 11 is 0. The minimum Gasteiger partial charge on any atom is -0.491 e. The molecule has 1 aromatic carbocycles. The van der Waals surface area contributed by atoms with Gasteiger partial charge in [0.25, 0.3) is 5.91 Å². The third-order valence-electron chi connectivity index (χ3n) is 5.02. The number of carbonyl (C=O) groups is 1. The lowest BCUT2D eigenvalue weighted by Crippen LogP contribution is -2.30. The molecule has 0 bridgehead atoms. The first-order valence-corrected chi connectivity index (χ1v) is 10.3. The molecule has 0 saturated carbocycles. The zero-order chi connectivity index (χ0) is 22.7. The number of hydrogen-bond acceptors (Lipinski definition) is 8. The average Bonchev–Trinajstić information content (AvgIpc) is 3.28. The van der Waals surface area contributed by atoms with Gasteiger partial charge in [0.15, 0.2) is 11.5 Å². The van der Waals surface area contributed by atoms with Crippen LogP contribution in [0.25, 0.3) is 10.9 Å². The van der Waals surface area contributed by atoms with Crippen LogP contribution in [0.4, 0.5) is 5.82 Å². The molecular weight excluding hydrogens is 412 g/mol. The van der Waals surface area contributed by atoms with E-state index in [4.69, 9.17) is 9.47 Å². The van der Waals surface area contributed by atoms with Crippen molar-refractivity contribution in [2.45, 2.75) is 12.6 Å². The van der Waals surface area contributed by atoms with Crippen LogP contribution in [0.15, 0.2) is 41.7 Å². The van der Waals surface area contributed by atoms with Crippen LogP contribution in [0, 0.1) is 0 Å². The fourth-order valence-corrected chi connectivity index (χ4v) is 3.65. The van der Waals surface area contributed by atoms with Crippen LogP contribution in [0.1, 0.15) is 10.4 Å². The molecule has 0 saturated heterocycles. The fraction of sp³-hybridized carbons (Fsp3) is 0.364. The van der Waals surface area contributed by atoms with Crippen LogP contribution in [-0.4, -0.2) is 77.5 Å². The quantitative estimate of drug-likeness (QED) is 0.560. The number of nitrogens with one attached hydrogen (secondary N) is 1. The summed E-state index contributed by atoms with van der Waals surface area (Å²) in [6, 6.07) is 7.03. The second-order valence-electron chi connectivity index (χ2n) is 7.72. The number of fused-ring (bicyclic) bond motifs is 3. The molecule has 0 radical (unpaired) electrons. The standard InChI is InChI=1S/C22H26N6O4/c1-27(2)12-15(29)13-32-17-7-6-16-18(19(17)31-3)25-22(28-10-9-24-20(16)28)26-21(30)14-5-4-8-23-11-14/h4-8,11,15,24,29H,9-10,12-13H2,1-3H3/t15-/m1/s1.